The number of aryl methyl sites for hydroxylation is 1. The van der Waals surface area contributed by atoms with Crippen LogP contribution in [0.1, 0.15) is 5.69 Å². The third kappa shape index (κ3) is 1.05. The average Bonchev–Trinajstić information content (AvgIpc) is 2.12. The molecule has 0 saturated carbocycles. The molecule has 0 amide bonds. The van der Waals surface area contributed by atoms with Gasteiger partial charge in [0.2, 0.25) is 0 Å². The fourth-order valence-electron chi connectivity index (χ4n) is 1.16. The van der Waals surface area contributed by atoms with Crippen molar-refractivity contribution in [1.29, 1.82) is 0 Å². The van der Waals surface area contributed by atoms with E-state index in [2.05, 4.69) is 9.97 Å². The van der Waals surface area contributed by atoms with Gasteiger partial charge in [0.25, 0.3) is 5.56 Å². The second-order valence-corrected chi connectivity index (χ2v) is 2.68. The summed E-state index contributed by atoms with van der Waals surface area (Å²) in [5, 5.41) is 9.97. The molecule has 2 heterocycles. The Labute approximate surface area is 73.3 Å². The molecule has 0 atom stereocenters. The molecule has 1 N–H and O–H groups in total. The third-order valence-electron chi connectivity index (χ3n) is 1.86. The van der Waals surface area contributed by atoms with Gasteiger partial charge in [0.05, 0.1) is 5.69 Å². The fourth-order valence-corrected chi connectivity index (χ4v) is 1.16. The van der Waals surface area contributed by atoms with Crippen LogP contribution in [-0.4, -0.2) is 19.9 Å². The number of hydrogen-bond acceptors (Lipinski definition) is 4. The van der Waals surface area contributed by atoms with Crippen LogP contribution in [0.4, 0.5) is 0 Å². The summed E-state index contributed by atoms with van der Waals surface area (Å²) < 4.78 is 0.518. The molecule has 0 aromatic carbocycles. The van der Waals surface area contributed by atoms with Gasteiger partial charge in [-0.2, -0.15) is 0 Å². The summed E-state index contributed by atoms with van der Waals surface area (Å²) >= 11 is 0. The van der Waals surface area contributed by atoms with E-state index in [-0.39, 0.29) is 5.65 Å². The SMILES string of the molecule is Cc1ncnc2c1ccc(=O)n2O. The van der Waals surface area contributed by atoms with Crippen LogP contribution in [0.5, 0.6) is 0 Å². The summed E-state index contributed by atoms with van der Waals surface area (Å²) in [5.74, 6) is 0. The summed E-state index contributed by atoms with van der Waals surface area (Å²) in [6.07, 6.45) is 1.31. The van der Waals surface area contributed by atoms with E-state index < -0.39 is 5.56 Å². The predicted molar refractivity (Wildman–Crippen MR) is 45.7 cm³/mol. The molecule has 2 aromatic rings. The van der Waals surface area contributed by atoms with Gasteiger partial charge in [0.15, 0.2) is 5.65 Å². The molecule has 5 heteroatoms. The van der Waals surface area contributed by atoms with E-state index in [1.807, 2.05) is 0 Å². The van der Waals surface area contributed by atoms with Gasteiger partial charge in [-0.05, 0) is 13.0 Å². The standard InChI is InChI=1S/C8H7N3O2/c1-5-6-2-3-7(12)11(13)8(6)10-4-9-5/h2-4,13H,1H3. The van der Waals surface area contributed by atoms with E-state index in [0.717, 1.165) is 5.69 Å². The highest BCUT2D eigenvalue weighted by molar-refractivity contribution is 5.76. The zero-order chi connectivity index (χ0) is 9.42. The summed E-state index contributed by atoms with van der Waals surface area (Å²) in [6.45, 7) is 1.79. The monoisotopic (exact) mass is 177 g/mol. The Balaban J connectivity index is 3.03. The molecule has 0 radical (unpaired) electrons. The van der Waals surface area contributed by atoms with E-state index in [9.17, 15) is 10.0 Å². The summed E-state index contributed by atoms with van der Waals surface area (Å²) in [5.41, 5.74) is 0.471. The first kappa shape index (κ1) is 7.72. The Morgan fingerprint density at radius 1 is 1.38 bits per heavy atom. The first-order valence-corrected chi connectivity index (χ1v) is 3.73. The highest BCUT2D eigenvalue weighted by Gasteiger charge is 2.04. The maximum atomic E-state index is 11.0. The van der Waals surface area contributed by atoms with Crippen LogP contribution in [-0.2, 0) is 0 Å². The Kier molecular flexibility index (Phi) is 1.51. The second kappa shape index (κ2) is 2.55. The molecule has 0 unspecified atom stereocenters. The van der Waals surface area contributed by atoms with Crippen molar-refractivity contribution in [3.05, 3.63) is 34.5 Å². The zero-order valence-corrected chi connectivity index (χ0v) is 6.93. The Hall–Kier alpha value is -1.91. The maximum absolute atomic E-state index is 11.0. The highest BCUT2D eigenvalue weighted by Crippen LogP contribution is 2.09. The van der Waals surface area contributed by atoms with Gasteiger partial charge in [0.1, 0.15) is 6.33 Å². The summed E-state index contributed by atoms with van der Waals surface area (Å²) in [6, 6.07) is 2.87. The molecular formula is C8H7N3O2. The molecule has 0 aliphatic carbocycles. The smallest absolute Gasteiger partial charge is 0.284 e. The molecule has 5 nitrogen and oxygen atoms in total. The summed E-state index contributed by atoms with van der Waals surface area (Å²) in [7, 11) is 0. The molecule has 0 saturated heterocycles. The highest BCUT2D eigenvalue weighted by atomic mass is 16.5. The lowest BCUT2D eigenvalue weighted by Crippen LogP contribution is -2.17. The van der Waals surface area contributed by atoms with Crippen LogP contribution >= 0.6 is 0 Å². The van der Waals surface area contributed by atoms with Crippen LogP contribution < -0.4 is 5.56 Å². The van der Waals surface area contributed by atoms with E-state index in [1.54, 1.807) is 13.0 Å². The lowest BCUT2D eigenvalue weighted by Gasteiger charge is -2.01. The molecule has 0 aliphatic rings. The fraction of sp³-hybridized carbons (Fsp3) is 0.125. The third-order valence-corrected chi connectivity index (χ3v) is 1.86. The molecule has 2 rings (SSSR count). The maximum Gasteiger partial charge on any atom is 0.284 e. The van der Waals surface area contributed by atoms with Gasteiger partial charge < -0.3 is 5.21 Å². The second-order valence-electron chi connectivity index (χ2n) is 2.68. The van der Waals surface area contributed by atoms with Gasteiger partial charge in [-0.15, -0.1) is 4.73 Å². The summed E-state index contributed by atoms with van der Waals surface area (Å²) in [4.78, 5) is 18.7. The molecule has 0 aliphatic heterocycles. The van der Waals surface area contributed by atoms with Crippen LogP contribution in [0.2, 0.25) is 0 Å². The topological polar surface area (TPSA) is 68.0 Å². The zero-order valence-electron chi connectivity index (χ0n) is 6.93. The Morgan fingerprint density at radius 2 is 2.15 bits per heavy atom. The van der Waals surface area contributed by atoms with E-state index in [0.29, 0.717) is 10.1 Å². The van der Waals surface area contributed by atoms with Crippen molar-refractivity contribution < 1.29 is 5.21 Å². The van der Waals surface area contributed by atoms with Gasteiger partial charge in [0, 0.05) is 11.5 Å². The Bertz CT molecular complexity index is 518. The minimum Gasteiger partial charge on any atom is -0.423 e. The molecule has 0 spiro atoms. The number of aromatic nitrogens is 3. The first-order chi connectivity index (χ1) is 6.20. The van der Waals surface area contributed by atoms with Gasteiger partial charge in [-0.1, -0.05) is 0 Å². The van der Waals surface area contributed by atoms with Crippen molar-refractivity contribution in [3.8, 4) is 0 Å². The van der Waals surface area contributed by atoms with Crippen LogP contribution in [0, 0.1) is 6.92 Å². The molecule has 0 bridgehead atoms. The van der Waals surface area contributed by atoms with E-state index in [4.69, 9.17) is 0 Å². The molecule has 2 aromatic heterocycles. The lowest BCUT2D eigenvalue weighted by molar-refractivity contribution is 0.186. The minimum atomic E-state index is -0.495. The van der Waals surface area contributed by atoms with Crippen molar-refractivity contribution >= 4 is 11.0 Å². The molecule has 0 fully saturated rings. The van der Waals surface area contributed by atoms with Crippen molar-refractivity contribution in [1.82, 2.24) is 14.7 Å². The van der Waals surface area contributed by atoms with Crippen LogP contribution in [0.15, 0.2) is 23.3 Å². The van der Waals surface area contributed by atoms with Crippen molar-refractivity contribution in [3.63, 3.8) is 0 Å². The quantitative estimate of drug-likeness (QED) is 0.589. The lowest BCUT2D eigenvalue weighted by atomic mass is 10.2. The van der Waals surface area contributed by atoms with Crippen molar-refractivity contribution in [2.45, 2.75) is 6.92 Å². The van der Waals surface area contributed by atoms with Crippen molar-refractivity contribution in [2.24, 2.45) is 0 Å². The minimum absolute atomic E-state index is 0.236. The van der Waals surface area contributed by atoms with Crippen LogP contribution in [0.3, 0.4) is 0 Å². The predicted octanol–water partition coefficient (Wildman–Crippen LogP) is 0.337. The molecular weight excluding hydrogens is 170 g/mol. The number of pyridine rings is 1. The normalized spacial score (nSPS) is 10.5. The van der Waals surface area contributed by atoms with Gasteiger partial charge in [-0.3, -0.25) is 4.79 Å². The van der Waals surface area contributed by atoms with Crippen molar-refractivity contribution in [2.75, 3.05) is 0 Å². The van der Waals surface area contributed by atoms with Gasteiger partial charge in [-0.25, -0.2) is 9.97 Å². The largest absolute Gasteiger partial charge is 0.423 e. The average molecular weight is 177 g/mol. The molecule has 66 valence electrons. The van der Waals surface area contributed by atoms with Gasteiger partial charge >= 0.3 is 0 Å². The van der Waals surface area contributed by atoms with Crippen LogP contribution in [0.25, 0.3) is 11.0 Å². The molecule has 13 heavy (non-hydrogen) atoms. The number of nitrogens with zero attached hydrogens (tertiary/aromatic N) is 3. The first-order valence-electron chi connectivity index (χ1n) is 3.73. The number of hydrogen-bond donors (Lipinski definition) is 1. The van der Waals surface area contributed by atoms with E-state index >= 15 is 0 Å². The number of rotatable bonds is 0. The Morgan fingerprint density at radius 3 is 2.92 bits per heavy atom. The number of fused-ring (bicyclic) bond motifs is 1. The van der Waals surface area contributed by atoms with E-state index in [1.165, 1.54) is 12.4 Å².